The fourth-order valence-corrected chi connectivity index (χ4v) is 6.46. The number of nitrogens with one attached hydrogen (secondary N) is 4. The van der Waals surface area contributed by atoms with Gasteiger partial charge in [0.05, 0.1) is 24.5 Å². The average Bonchev–Trinajstić information content (AvgIpc) is 3.75. The minimum atomic E-state index is -0.239. The molecule has 0 saturated carbocycles. The summed E-state index contributed by atoms with van der Waals surface area (Å²) in [4.78, 5) is 45.5. The third kappa shape index (κ3) is 7.59. The van der Waals surface area contributed by atoms with E-state index >= 15 is 0 Å². The van der Waals surface area contributed by atoms with Crippen LogP contribution in [0.25, 0.3) is 44.1 Å². The quantitative estimate of drug-likeness (QED) is 0.0711. The molecule has 0 aliphatic rings. The van der Waals surface area contributed by atoms with Crippen molar-refractivity contribution in [2.75, 3.05) is 35.5 Å². The Balaban J connectivity index is 0.977. The van der Waals surface area contributed by atoms with Crippen LogP contribution in [0.15, 0.2) is 85.7 Å². The Morgan fingerprint density at radius 1 is 0.754 bits per heavy atom. The molecule has 0 aromatic carbocycles. The summed E-state index contributed by atoms with van der Waals surface area (Å²) in [6.07, 6.45) is 10.5. The molecule has 8 aromatic rings. The smallest absolute Gasteiger partial charge is 0.269 e. The van der Waals surface area contributed by atoms with Gasteiger partial charge >= 0.3 is 0 Å². The van der Waals surface area contributed by atoms with Crippen LogP contribution in [0.2, 0.25) is 0 Å². The van der Waals surface area contributed by atoms with Crippen LogP contribution in [0.1, 0.15) is 27.3 Å². The molecular weight excluding hydrogens is 723 g/mol. The van der Waals surface area contributed by atoms with Gasteiger partial charge in [0.2, 0.25) is 0 Å². The predicted octanol–water partition coefficient (Wildman–Crippen LogP) is 6.02. The number of rotatable bonds is 12. The average molecular weight is 762 g/mol. The highest BCUT2D eigenvalue weighted by molar-refractivity contribution is 5.97. The van der Waals surface area contributed by atoms with E-state index < -0.39 is 0 Å². The zero-order valence-corrected chi connectivity index (χ0v) is 31.9. The van der Waals surface area contributed by atoms with Crippen LogP contribution in [0, 0.1) is 20.8 Å². The molecular formula is C40H39N15O2. The van der Waals surface area contributed by atoms with Gasteiger partial charge in [-0.3, -0.25) is 29.0 Å². The minimum absolute atomic E-state index is 0.239. The van der Waals surface area contributed by atoms with Crippen LogP contribution in [0.3, 0.4) is 0 Å². The number of aromatic nitrogens is 10. The number of aryl methyl sites for hydroxylation is 4. The second-order valence-electron chi connectivity index (χ2n) is 13.4. The van der Waals surface area contributed by atoms with E-state index in [2.05, 4.69) is 51.4 Å². The maximum absolute atomic E-state index is 12.2. The van der Waals surface area contributed by atoms with Crippen molar-refractivity contribution >= 4 is 62.4 Å². The summed E-state index contributed by atoms with van der Waals surface area (Å²) in [5.74, 6) is 2.93. The fourth-order valence-electron chi connectivity index (χ4n) is 6.46. The molecule has 57 heavy (non-hydrogen) atoms. The fraction of sp³-hybridized carbons (Fsp3) is 0.175. The molecule has 6 N–H and O–H groups in total. The number of pyridine rings is 6. The lowest BCUT2D eigenvalue weighted by Gasteiger charge is -2.13. The highest BCUT2D eigenvalue weighted by Gasteiger charge is 2.16. The summed E-state index contributed by atoms with van der Waals surface area (Å²) in [5.41, 5.74) is 16.1. The van der Waals surface area contributed by atoms with Gasteiger partial charge in [-0.05, 0) is 79.1 Å². The Morgan fingerprint density at radius 3 is 2.02 bits per heavy atom. The molecule has 8 aromatic heterocycles. The predicted molar refractivity (Wildman–Crippen MR) is 219 cm³/mol. The van der Waals surface area contributed by atoms with Crippen molar-refractivity contribution in [3.05, 3.63) is 108 Å². The van der Waals surface area contributed by atoms with Gasteiger partial charge in [0, 0.05) is 91.0 Å². The number of nitrogens with two attached hydrogens (primary N) is 1. The number of hydrogen-bond acceptors (Lipinski definition) is 14. The van der Waals surface area contributed by atoms with E-state index in [1.54, 1.807) is 57.3 Å². The zero-order valence-electron chi connectivity index (χ0n) is 31.9. The van der Waals surface area contributed by atoms with Gasteiger partial charge < -0.3 is 21.7 Å². The van der Waals surface area contributed by atoms with E-state index in [1.807, 2.05) is 67.9 Å². The van der Waals surface area contributed by atoms with E-state index in [1.165, 1.54) is 4.68 Å². The van der Waals surface area contributed by atoms with Gasteiger partial charge in [0.15, 0.2) is 17.5 Å². The molecule has 0 saturated heterocycles. The lowest BCUT2D eigenvalue weighted by Crippen LogP contribution is -2.20. The van der Waals surface area contributed by atoms with E-state index in [4.69, 9.17) is 20.7 Å². The maximum atomic E-state index is 12.2. The monoisotopic (exact) mass is 761 g/mol. The Bertz CT molecular complexity index is 2800. The molecule has 0 atom stereocenters. The van der Waals surface area contributed by atoms with Gasteiger partial charge in [-0.1, -0.05) is 0 Å². The van der Waals surface area contributed by atoms with Gasteiger partial charge in [-0.15, -0.1) is 0 Å². The summed E-state index contributed by atoms with van der Waals surface area (Å²) < 4.78 is 3.36. The summed E-state index contributed by atoms with van der Waals surface area (Å²) >= 11 is 0. The van der Waals surface area contributed by atoms with Crippen molar-refractivity contribution in [1.29, 1.82) is 0 Å². The number of anilines is 6. The van der Waals surface area contributed by atoms with Crippen molar-refractivity contribution < 1.29 is 9.63 Å². The van der Waals surface area contributed by atoms with Crippen LogP contribution in [0.5, 0.6) is 0 Å². The van der Waals surface area contributed by atoms with Crippen LogP contribution in [-0.2, 0) is 18.4 Å². The lowest BCUT2D eigenvalue weighted by atomic mass is 10.1. The van der Waals surface area contributed by atoms with Crippen LogP contribution < -0.4 is 27.2 Å². The van der Waals surface area contributed by atoms with Crippen molar-refractivity contribution in [3.8, 4) is 22.5 Å². The molecule has 0 unspecified atom stereocenters. The second kappa shape index (κ2) is 15.3. The molecule has 0 radical (unpaired) electrons. The Kier molecular flexibility index (Phi) is 9.79. The Hall–Kier alpha value is -7.53. The molecule has 0 bridgehead atoms. The first-order valence-electron chi connectivity index (χ1n) is 18.0. The zero-order chi connectivity index (χ0) is 39.6. The van der Waals surface area contributed by atoms with Crippen LogP contribution in [-0.4, -0.2) is 69.0 Å². The molecule has 17 nitrogen and oxygen atoms in total. The SMILES string of the molecule is CNC(=O)c1cc(Nc2cc3cc(-c4cnccc4C)nc(NOCCn4nc(Nc5cc6cc(-c7cnccc7C)nc(N)c6cn5)cc4C)c3cn2)nn1C. The normalized spacial score (nSPS) is 11.2. The number of nitrogens with zero attached hydrogens (tertiary/aromatic N) is 10. The number of amides is 1. The highest BCUT2D eigenvalue weighted by atomic mass is 16.6. The molecule has 286 valence electrons. The third-order valence-corrected chi connectivity index (χ3v) is 9.50. The van der Waals surface area contributed by atoms with E-state index in [0.29, 0.717) is 52.8 Å². The summed E-state index contributed by atoms with van der Waals surface area (Å²) in [6, 6.07) is 15.3. The standard InChI is InChI=1S/C40H39N15O2/c1-22-6-8-43-18-27(22)31-13-25-15-34(45-20-29(25)38(41)47-31)49-36-12-24(3)55(52-36)10-11-57-53-39-30-21-46-35(50-37-17-33(40(56)42-4)54(5)51-37)16-26(30)14-32(48-39)28-19-44-9-7-23(28)2/h6-9,12-21H,10-11H2,1-5H3,(H2,41,47)(H,42,56)(H,48,53)(H,45,49,52)(H,46,50,51). The molecule has 0 spiro atoms. The summed E-state index contributed by atoms with van der Waals surface area (Å²) in [5, 5.41) is 21.5. The number of carbonyl (C=O) groups is 1. The van der Waals surface area contributed by atoms with Crippen LogP contribution in [0.4, 0.5) is 34.9 Å². The first kappa shape index (κ1) is 36.4. The van der Waals surface area contributed by atoms with E-state index in [9.17, 15) is 4.79 Å². The van der Waals surface area contributed by atoms with Crippen LogP contribution >= 0.6 is 0 Å². The van der Waals surface area contributed by atoms with Gasteiger partial charge in [0.25, 0.3) is 5.91 Å². The molecule has 8 heterocycles. The van der Waals surface area contributed by atoms with E-state index in [-0.39, 0.29) is 12.5 Å². The highest BCUT2D eigenvalue weighted by Crippen LogP contribution is 2.32. The second-order valence-corrected chi connectivity index (χ2v) is 13.4. The first-order valence-corrected chi connectivity index (χ1v) is 18.0. The summed E-state index contributed by atoms with van der Waals surface area (Å²) in [7, 11) is 3.28. The lowest BCUT2D eigenvalue weighted by molar-refractivity contribution is 0.0953. The molecule has 0 aliphatic heterocycles. The van der Waals surface area contributed by atoms with Crippen molar-refractivity contribution in [1.82, 2.24) is 54.8 Å². The first-order chi connectivity index (χ1) is 27.6. The van der Waals surface area contributed by atoms with E-state index in [0.717, 1.165) is 55.2 Å². The molecule has 1 amide bonds. The Labute approximate surface area is 326 Å². The van der Waals surface area contributed by atoms with Gasteiger partial charge in [-0.2, -0.15) is 10.2 Å². The van der Waals surface area contributed by atoms with Crippen molar-refractivity contribution in [3.63, 3.8) is 0 Å². The Morgan fingerprint density at radius 2 is 1.37 bits per heavy atom. The van der Waals surface area contributed by atoms with Crippen molar-refractivity contribution in [2.45, 2.75) is 27.3 Å². The summed E-state index contributed by atoms with van der Waals surface area (Å²) in [6.45, 7) is 6.73. The number of hydrogen-bond donors (Lipinski definition) is 5. The molecule has 0 aliphatic carbocycles. The minimum Gasteiger partial charge on any atom is -0.383 e. The maximum Gasteiger partial charge on any atom is 0.269 e. The van der Waals surface area contributed by atoms with Crippen molar-refractivity contribution in [2.24, 2.45) is 7.05 Å². The molecule has 17 heteroatoms. The third-order valence-electron chi connectivity index (χ3n) is 9.50. The number of fused-ring (bicyclic) bond motifs is 2. The molecule has 0 fully saturated rings. The number of carbonyl (C=O) groups excluding carboxylic acids is 1. The largest absolute Gasteiger partial charge is 0.383 e. The molecule has 8 rings (SSSR count). The van der Waals surface area contributed by atoms with Gasteiger partial charge in [0.1, 0.15) is 23.1 Å². The van der Waals surface area contributed by atoms with Gasteiger partial charge in [-0.25, -0.2) is 25.4 Å². The number of nitrogen functional groups attached to an aromatic ring is 1. The topological polar surface area (TPSA) is 213 Å².